The molecule has 2 aromatic carbocycles. The van der Waals surface area contributed by atoms with Crippen LogP contribution >= 0.6 is 15.9 Å². The standard InChI is InChI=1S/C20H23BrO3/c1-15-11-18(23-13-16-7-3-2-4-8-16)12-17(20(15)21)14-24-19-9-5-6-10-22-19/h2-4,7-8,11-12,19H,5-6,9-10,13-14H2,1H3/i9D,19D. The van der Waals surface area contributed by atoms with Crippen molar-refractivity contribution in [3.05, 3.63) is 63.6 Å². The van der Waals surface area contributed by atoms with Crippen LogP contribution in [0.4, 0.5) is 0 Å². The molecule has 3 nitrogen and oxygen atoms in total. The Morgan fingerprint density at radius 2 is 2.08 bits per heavy atom. The average molecular weight is 393 g/mol. The molecule has 0 bridgehead atoms. The first-order valence-corrected chi connectivity index (χ1v) is 8.93. The van der Waals surface area contributed by atoms with Gasteiger partial charge in [0.05, 0.1) is 7.98 Å². The van der Waals surface area contributed by atoms with Crippen molar-refractivity contribution in [1.82, 2.24) is 0 Å². The van der Waals surface area contributed by atoms with Gasteiger partial charge in [-0.25, -0.2) is 0 Å². The van der Waals surface area contributed by atoms with E-state index >= 15 is 0 Å². The average Bonchev–Trinajstić information content (AvgIpc) is 2.65. The minimum atomic E-state index is -1.60. The van der Waals surface area contributed by atoms with E-state index in [0.717, 1.165) is 33.3 Å². The summed E-state index contributed by atoms with van der Waals surface area (Å²) >= 11 is 3.58. The molecule has 0 aliphatic carbocycles. The summed E-state index contributed by atoms with van der Waals surface area (Å²) in [6.07, 6.45) is -0.895. The van der Waals surface area contributed by atoms with Crippen molar-refractivity contribution < 1.29 is 17.0 Å². The van der Waals surface area contributed by atoms with Gasteiger partial charge in [-0.05, 0) is 55.0 Å². The van der Waals surface area contributed by atoms with Crippen LogP contribution in [-0.4, -0.2) is 12.9 Å². The van der Waals surface area contributed by atoms with Gasteiger partial charge in [0.25, 0.3) is 0 Å². The predicted molar refractivity (Wildman–Crippen MR) is 98.0 cm³/mol. The van der Waals surface area contributed by atoms with Crippen molar-refractivity contribution in [1.29, 1.82) is 0 Å². The zero-order valence-corrected chi connectivity index (χ0v) is 15.3. The fourth-order valence-electron chi connectivity index (χ4n) is 2.52. The number of hydrogen-bond acceptors (Lipinski definition) is 3. The molecule has 128 valence electrons. The van der Waals surface area contributed by atoms with Gasteiger partial charge in [0.2, 0.25) is 0 Å². The Morgan fingerprint density at radius 1 is 1.25 bits per heavy atom. The van der Waals surface area contributed by atoms with Crippen molar-refractivity contribution in [3.8, 4) is 5.75 Å². The Morgan fingerprint density at radius 3 is 2.88 bits per heavy atom. The molecular weight excluding hydrogens is 368 g/mol. The topological polar surface area (TPSA) is 27.7 Å². The van der Waals surface area contributed by atoms with Crippen LogP contribution in [0.2, 0.25) is 0 Å². The van der Waals surface area contributed by atoms with Gasteiger partial charge in [-0.3, -0.25) is 0 Å². The van der Waals surface area contributed by atoms with Gasteiger partial charge < -0.3 is 14.2 Å². The molecule has 2 unspecified atom stereocenters. The number of ether oxygens (including phenoxy) is 3. The molecule has 1 aliphatic heterocycles. The van der Waals surface area contributed by atoms with Gasteiger partial charge in [-0.1, -0.05) is 46.3 Å². The molecule has 0 radical (unpaired) electrons. The highest BCUT2D eigenvalue weighted by molar-refractivity contribution is 9.10. The van der Waals surface area contributed by atoms with E-state index in [1.807, 2.05) is 49.4 Å². The van der Waals surface area contributed by atoms with E-state index in [2.05, 4.69) is 15.9 Å². The number of benzene rings is 2. The molecule has 2 atom stereocenters. The third kappa shape index (κ3) is 4.82. The van der Waals surface area contributed by atoms with Crippen LogP contribution in [0.5, 0.6) is 5.75 Å². The zero-order chi connectivity index (χ0) is 18.6. The number of rotatable bonds is 6. The summed E-state index contributed by atoms with van der Waals surface area (Å²) < 4.78 is 34.2. The number of hydrogen-bond donors (Lipinski definition) is 0. The van der Waals surface area contributed by atoms with Crippen molar-refractivity contribution in [2.45, 2.75) is 45.6 Å². The zero-order valence-electron chi connectivity index (χ0n) is 15.8. The summed E-state index contributed by atoms with van der Waals surface area (Å²) in [7, 11) is 0. The van der Waals surface area contributed by atoms with E-state index in [4.69, 9.17) is 17.0 Å². The third-order valence-corrected chi connectivity index (χ3v) is 4.96. The van der Waals surface area contributed by atoms with E-state index in [1.54, 1.807) is 0 Å². The van der Waals surface area contributed by atoms with Gasteiger partial charge in [0.1, 0.15) is 12.4 Å². The molecule has 4 heteroatoms. The van der Waals surface area contributed by atoms with Crippen LogP contribution in [0, 0.1) is 6.92 Å². The van der Waals surface area contributed by atoms with Crippen molar-refractivity contribution >= 4 is 15.9 Å². The van der Waals surface area contributed by atoms with Gasteiger partial charge in [-0.15, -0.1) is 0 Å². The second kappa shape index (κ2) is 8.65. The summed E-state index contributed by atoms with van der Waals surface area (Å²) in [6.45, 7) is 3.12. The summed E-state index contributed by atoms with van der Waals surface area (Å²) in [5, 5.41) is 0. The molecule has 2 aromatic rings. The summed E-state index contributed by atoms with van der Waals surface area (Å²) in [4.78, 5) is 0. The minimum absolute atomic E-state index is 0.183. The smallest absolute Gasteiger partial charge is 0.158 e. The molecule has 0 spiro atoms. The van der Waals surface area contributed by atoms with Crippen molar-refractivity contribution in [2.24, 2.45) is 0 Å². The van der Waals surface area contributed by atoms with Crippen molar-refractivity contribution in [3.63, 3.8) is 0 Å². The lowest BCUT2D eigenvalue weighted by Gasteiger charge is -2.23. The maximum Gasteiger partial charge on any atom is 0.158 e. The van der Waals surface area contributed by atoms with Crippen LogP contribution in [0.25, 0.3) is 0 Å². The molecule has 3 rings (SSSR count). The first-order valence-electron chi connectivity index (χ1n) is 9.21. The van der Waals surface area contributed by atoms with Crippen LogP contribution in [0.3, 0.4) is 0 Å². The molecule has 1 fully saturated rings. The largest absolute Gasteiger partial charge is 0.489 e. The normalized spacial score (nSPS) is 25.0. The molecule has 1 saturated heterocycles. The Labute approximate surface area is 154 Å². The number of aryl methyl sites for hydroxylation is 1. The highest BCUT2D eigenvalue weighted by Crippen LogP contribution is 2.29. The Balaban J connectivity index is 1.69. The highest BCUT2D eigenvalue weighted by Gasteiger charge is 2.15. The van der Waals surface area contributed by atoms with Crippen LogP contribution < -0.4 is 4.74 Å². The van der Waals surface area contributed by atoms with Gasteiger partial charge >= 0.3 is 0 Å². The van der Waals surface area contributed by atoms with Crippen LogP contribution in [0.15, 0.2) is 46.9 Å². The van der Waals surface area contributed by atoms with E-state index in [-0.39, 0.29) is 6.61 Å². The minimum Gasteiger partial charge on any atom is -0.489 e. The maximum absolute atomic E-state index is 8.27. The van der Waals surface area contributed by atoms with Gasteiger partial charge in [-0.2, -0.15) is 0 Å². The summed E-state index contributed by atoms with van der Waals surface area (Å²) in [6, 6.07) is 13.9. The molecule has 1 heterocycles. The van der Waals surface area contributed by atoms with Gasteiger partial charge in [0.15, 0.2) is 6.27 Å². The molecule has 0 aromatic heterocycles. The van der Waals surface area contributed by atoms with E-state index in [1.165, 1.54) is 0 Å². The summed E-state index contributed by atoms with van der Waals surface area (Å²) in [5.74, 6) is 0.749. The fourth-order valence-corrected chi connectivity index (χ4v) is 2.86. The third-order valence-electron chi connectivity index (χ3n) is 3.83. The molecule has 24 heavy (non-hydrogen) atoms. The second-order valence-electron chi connectivity index (χ2n) is 5.79. The molecular formula is C20H23BrO3. The van der Waals surface area contributed by atoms with Crippen LogP contribution in [-0.2, 0) is 22.7 Å². The predicted octanol–water partition coefficient (Wildman–Crippen LogP) is 5.38. The molecule has 0 saturated carbocycles. The fraction of sp³-hybridized carbons (Fsp3) is 0.400. The Bertz CT molecular complexity index is 741. The Kier molecular flexibility index (Phi) is 5.39. The quantitative estimate of drug-likeness (QED) is 0.660. The second-order valence-corrected chi connectivity index (χ2v) is 6.58. The SMILES string of the molecule is [2H]C1CCCOC1([2H])OCc1cc(OCc2ccccc2)cc(C)c1Br. The van der Waals surface area contributed by atoms with E-state index in [9.17, 15) is 0 Å². The van der Waals surface area contributed by atoms with Crippen molar-refractivity contribution in [2.75, 3.05) is 6.61 Å². The highest BCUT2D eigenvalue weighted by atomic mass is 79.9. The van der Waals surface area contributed by atoms with Crippen LogP contribution in [0.1, 0.15) is 38.7 Å². The van der Waals surface area contributed by atoms with Gasteiger partial charge in [0, 0.05) is 12.5 Å². The summed E-state index contributed by atoms with van der Waals surface area (Å²) in [5.41, 5.74) is 3.00. The maximum atomic E-state index is 8.27. The Hall–Kier alpha value is -1.36. The number of halogens is 1. The molecule has 0 N–H and O–H groups in total. The monoisotopic (exact) mass is 392 g/mol. The first-order chi connectivity index (χ1) is 12.5. The lowest BCUT2D eigenvalue weighted by atomic mass is 10.1. The van der Waals surface area contributed by atoms with E-state index < -0.39 is 12.7 Å². The lowest BCUT2D eigenvalue weighted by Crippen LogP contribution is -2.22. The van der Waals surface area contributed by atoms with E-state index in [0.29, 0.717) is 19.6 Å². The lowest BCUT2D eigenvalue weighted by molar-refractivity contribution is -0.169. The first kappa shape index (κ1) is 14.9. The molecule has 1 aliphatic rings. The molecule has 0 amide bonds.